The Morgan fingerprint density at radius 1 is 1.37 bits per heavy atom. The van der Waals surface area contributed by atoms with Crippen LogP contribution >= 0.6 is 22.7 Å². The summed E-state index contributed by atoms with van der Waals surface area (Å²) < 4.78 is 5.36. The SMILES string of the molecule is Cc1occc1-c1sc(C#N)c(N)c1-c1cccs1. The summed E-state index contributed by atoms with van der Waals surface area (Å²) in [7, 11) is 0. The first-order valence-corrected chi connectivity index (χ1v) is 7.32. The Bertz CT molecular complexity index is 760. The van der Waals surface area contributed by atoms with Gasteiger partial charge in [-0.1, -0.05) is 6.07 Å². The predicted molar refractivity (Wildman–Crippen MR) is 79.2 cm³/mol. The molecule has 0 fully saturated rings. The average Bonchev–Trinajstić information content (AvgIpc) is 3.09. The van der Waals surface area contributed by atoms with E-state index < -0.39 is 0 Å². The lowest BCUT2D eigenvalue weighted by atomic mass is 10.1. The highest BCUT2D eigenvalue weighted by atomic mass is 32.1. The highest BCUT2D eigenvalue weighted by Crippen LogP contribution is 2.47. The van der Waals surface area contributed by atoms with E-state index in [0.717, 1.165) is 26.6 Å². The minimum absolute atomic E-state index is 0.555. The van der Waals surface area contributed by atoms with Crippen LogP contribution in [0.3, 0.4) is 0 Å². The van der Waals surface area contributed by atoms with Crippen LogP contribution in [-0.4, -0.2) is 0 Å². The van der Waals surface area contributed by atoms with Crippen LogP contribution in [0.25, 0.3) is 20.9 Å². The minimum atomic E-state index is 0.555. The van der Waals surface area contributed by atoms with Crippen LogP contribution in [0.4, 0.5) is 5.69 Å². The zero-order valence-corrected chi connectivity index (χ0v) is 11.8. The molecule has 0 bridgehead atoms. The Labute approximate surface area is 118 Å². The monoisotopic (exact) mass is 286 g/mol. The largest absolute Gasteiger partial charge is 0.469 e. The fourth-order valence-corrected chi connectivity index (χ4v) is 3.96. The van der Waals surface area contributed by atoms with Crippen molar-refractivity contribution in [2.75, 3.05) is 5.73 Å². The van der Waals surface area contributed by atoms with Gasteiger partial charge in [0.1, 0.15) is 16.7 Å². The fraction of sp³-hybridized carbons (Fsp3) is 0.0714. The van der Waals surface area contributed by atoms with Crippen LogP contribution in [0.15, 0.2) is 34.3 Å². The second kappa shape index (κ2) is 4.57. The van der Waals surface area contributed by atoms with Crippen molar-refractivity contribution in [3.05, 3.63) is 40.5 Å². The number of nitriles is 1. The van der Waals surface area contributed by atoms with Crippen LogP contribution < -0.4 is 5.73 Å². The van der Waals surface area contributed by atoms with E-state index >= 15 is 0 Å². The highest BCUT2D eigenvalue weighted by molar-refractivity contribution is 7.19. The second-order valence-corrected chi connectivity index (χ2v) is 6.00. The normalized spacial score (nSPS) is 10.5. The maximum absolute atomic E-state index is 9.18. The first kappa shape index (κ1) is 12.0. The molecular weight excluding hydrogens is 276 g/mol. The number of hydrogen-bond donors (Lipinski definition) is 1. The molecule has 0 radical (unpaired) electrons. The van der Waals surface area contributed by atoms with E-state index in [2.05, 4.69) is 6.07 Å². The molecule has 0 spiro atoms. The van der Waals surface area contributed by atoms with Crippen molar-refractivity contribution in [1.82, 2.24) is 0 Å². The second-order valence-electron chi connectivity index (χ2n) is 4.03. The fourth-order valence-electron chi connectivity index (χ4n) is 2.00. The van der Waals surface area contributed by atoms with Crippen molar-refractivity contribution in [3.63, 3.8) is 0 Å². The summed E-state index contributed by atoms with van der Waals surface area (Å²) in [4.78, 5) is 2.63. The lowest BCUT2D eigenvalue weighted by Gasteiger charge is -2.01. The Kier molecular flexibility index (Phi) is 2.90. The van der Waals surface area contributed by atoms with Gasteiger partial charge in [0.15, 0.2) is 0 Å². The van der Waals surface area contributed by atoms with Crippen LogP contribution in [-0.2, 0) is 0 Å². The molecule has 0 atom stereocenters. The summed E-state index contributed by atoms with van der Waals surface area (Å²) in [6, 6.07) is 8.08. The molecule has 3 aromatic heterocycles. The molecule has 3 rings (SSSR count). The summed E-state index contributed by atoms with van der Waals surface area (Å²) in [6.07, 6.45) is 1.66. The number of thiophene rings is 2. The van der Waals surface area contributed by atoms with Crippen LogP contribution in [0.2, 0.25) is 0 Å². The summed E-state index contributed by atoms with van der Waals surface area (Å²) in [5.41, 5.74) is 8.63. The van der Waals surface area contributed by atoms with Gasteiger partial charge in [-0.25, -0.2) is 0 Å². The van der Waals surface area contributed by atoms with Gasteiger partial charge in [0.25, 0.3) is 0 Å². The van der Waals surface area contributed by atoms with Gasteiger partial charge in [-0.3, -0.25) is 0 Å². The van der Waals surface area contributed by atoms with Crippen molar-refractivity contribution in [2.24, 2.45) is 0 Å². The van der Waals surface area contributed by atoms with Gasteiger partial charge in [-0.2, -0.15) is 5.26 Å². The van der Waals surface area contributed by atoms with Crippen molar-refractivity contribution in [3.8, 4) is 27.0 Å². The molecule has 0 amide bonds. The molecule has 19 heavy (non-hydrogen) atoms. The number of hydrogen-bond acceptors (Lipinski definition) is 5. The highest BCUT2D eigenvalue weighted by Gasteiger charge is 2.21. The Balaban J connectivity index is 2.31. The number of nitrogens with zero attached hydrogens (tertiary/aromatic N) is 1. The van der Waals surface area contributed by atoms with E-state index in [9.17, 15) is 5.26 Å². The van der Waals surface area contributed by atoms with Crippen molar-refractivity contribution in [2.45, 2.75) is 6.92 Å². The predicted octanol–water partition coefficient (Wildman–Crippen LogP) is 4.50. The summed E-state index contributed by atoms with van der Waals surface area (Å²) in [5.74, 6) is 0.837. The number of nitrogens with two attached hydrogens (primary N) is 1. The number of aryl methyl sites for hydroxylation is 1. The van der Waals surface area contributed by atoms with E-state index in [0.29, 0.717) is 10.6 Å². The molecule has 0 aliphatic heterocycles. The van der Waals surface area contributed by atoms with Gasteiger partial charge in [0, 0.05) is 20.9 Å². The first-order valence-electron chi connectivity index (χ1n) is 5.63. The lowest BCUT2D eigenvalue weighted by Crippen LogP contribution is -1.87. The van der Waals surface area contributed by atoms with Crippen LogP contribution in [0.1, 0.15) is 10.6 Å². The maximum atomic E-state index is 9.18. The van der Waals surface area contributed by atoms with Gasteiger partial charge >= 0.3 is 0 Å². The molecular formula is C14H10N2OS2. The third kappa shape index (κ3) is 1.86. The van der Waals surface area contributed by atoms with Crippen molar-refractivity contribution in [1.29, 1.82) is 5.26 Å². The Morgan fingerprint density at radius 2 is 2.21 bits per heavy atom. The van der Waals surface area contributed by atoms with E-state index in [1.54, 1.807) is 17.6 Å². The lowest BCUT2D eigenvalue weighted by molar-refractivity contribution is 0.535. The summed E-state index contributed by atoms with van der Waals surface area (Å²) >= 11 is 3.03. The number of furan rings is 1. The topological polar surface area (TPSA) is 63.0 Å². The average molecular weight is 286 g/mol. The molecule has 2 N–H and O–H groups in total. The van der Waals surface area contributed by atoms with Crippen LogP contribution in [0.5, 0.6) is 0 Å². The molecule has 0 aliphatic carbocycles. The van der Waals surface area contributed by atoms with E-state index in [1.807, 2.05) is 30.5 Å². The maximum Gasteiger partial charge on any atom is 0.129 e. The third-order valence-corrected chi connectivity index (χ3v) is 4.95. The zero-order valence-electron chi connectivity index (χ0n) is 10.1. The first-order chi connectivity index (χ1) is 9.22. The molecule has 94 valence electrons. The molecule has 5 heteroatoms. The summed E-state index contributed by atoms with van der Waals surface area (Å²) in [5, 5.41) is 11.2. The van der Waals surface area contributed by atoms with Crippen molar-refractivity contribution < 1.29 is 4.42 Å². The minimum Gasteiger partial charge on any atom is -0.469 e. The summed E-state index contributed by atoms with van der Waals surface area (Å²) in [6.45, 7) is 1.91. The molecule has 0 aliphatic rings. The molecule has 3 heterocycles. The van der Waals surface area contributed by atoms with Gasteiger partial charge in [0.2, 0.25) is 0 Å². The van der Waals surface area contributed by atoms with E-state index in [-0.39, 0.29) is 0 Å². The molecule has 0 saturated heterocycles. The number of nitrogen functional groups attached to an aromatic ring is 1. The van der Waals surface area contributed by atoms with Gasteiger partial charge < -0.3 is 10.2 Å². The van der Waals surface area contributed by atoms with E-state index in [1.165, 1.54) is 11.3 Å². The smallest absolute Gasteiger partial charge is 0.129 e. The van der Waals surface area contributed by atoms with Gasteiger partial charge in [-0.05, 0) is 24.4 Å². The van der Waals surface area contributed by atoms with Gasteiger partial charge in [0.05, 0.1) is 12.0 Å². The van der Waals surface area contributed by atoms with Crippen LogP contribution in [0, 0.1) is 18.3 Å². The third-order valence-electron chi connectivity index (χ3n) is 2.92. The number of anilines is 1. The molecule has 3 nitrogen and oxygen atoms in total. The molecule has 0 aromatic carbocycles. The van der Waals surface area contributed by atoms with E-state index in [4.69, 9.17) is 10.2 Å². The zero-order chi connectivity index (χ0) is 13.4. The standard InChI is InChI=1S/C14H10N2OS2/c1-8-9(4-5-17-8)14-12(10-3-2-6-18-10)13(16)11(7-15)19-14/h2-6H,16H2,1H3. The van der Waals surface area contributed by atoms with Crippen molar-refractivity contribution >= 4 is 28.4 Å². The molecule has 3 aromatic rings. The van der Waals surface area contributed by atoms with Gasteiger partial charge in [-0.15, -0.1) is 22.7 Å². The quantitative estimate of drug-likeness (QED) is 0.754. The molecule has 0 unspecified atom stereocenters. The Morgan fingerprint density at radius 3 is 2.79 bits per heavy atom. The Hall–Kier alpha value is -2.03. The molecule has 0 saturated carbocycles. The number of rotatable bonds is 2.